The Balaban J connectivity index is 5.03. The first-order chi connectivity index (χ1) is 18.4. The van der Waals surface area contributed by atoms with Crippen molar-refractivity contribution < 1.29 is 127 Å². The first-order valence-corrected chi connectivity index (χ1v) is 9.15. The van der Waals surface area contributed by atoms with Gasteiger partial charge >= 0.3 is 77.7 Å². The molecule has 0 amide bonds. The van der Waals surface area contributed by atoms with E-state index in [9.17, 15) is 119 Å². The van der Waals surface area contributed by atoms with Gasteiger partial charge in [-0.1, -0.05) is 0 Å². The second-order valence-electron chi connectivity index (χ2n) is 8.21. The highest BCUT2D eigenvalue weighted by atomic mass is 19.4. The number of hydrogen-bond donors (Lipinski definition) is 0. The second-order valence-corrected chi connectivity index (χ2v) is 8.21. The number of nitrogens with zero attached hydrogens (tertiary/aromatic N) is 1. The van der Waals surface area contributed by atoms with E-state index in [1.807, 2.05) is 0 Å². The van der Waals surface area contributed by atoms with Crippen molar-refractivity contribution in [3.63, 3.8) is 0 Å². The summed E-state index contributed by atoms with van der Waals surface area (Å²) < 4.78 is 393. The Kier molecular flexibility index (Phi) is 8.22. The lowest BCUT2D eigenvalue weighted by Crippen LogP contribution is -2.95. The molecule has 0 aromatic rings. The molecule has 0 aromatic carbocycles. The van der Waals surface area contributed by atoms with Crippen LogP contribution in [0.15, 0.2) is 0 Å². The Morgan fingerprint density at radius 1 is 0.318 bits per heavy atom. The molecule has 1 aliphatic rings. The average molecular weight is 733 g/mol. The molecule has 0 saturated heterocycles. The molecular weight excluding hydrogens is 733 g/mol. The SMILES string of the molecule is FC(F)(F)C(F)(F)C(F)(F)N(C(F)(F)C(F)(F)C(F)(F)F)C1(F)C(F)(F)C(F)(F)C(F)(F)C(F)(F)C1(F)C(F)(F)C(F)(F)F. The van der Waals surface area contributed by atoms with Gasteiger partial charge in [0.05, 0.1) is 0 Å². The van der Waals surface area contributed by atoms with E-state index < -0.39 is 88.4 Å². The third kappa shape index (κ3) is 3.94. The van der Waals surface area contributed by atoms with Crippen molar-refractivity contribution in [1.82, 2.24) is 4.90 Å². The van der Waals surface area contributed by atoms with Crippen molar-refractivity contribution in [3.8, 4) is 0 Å². The quantitative estimate of drug-likeness (QED) is 0.195. The zero-order valence-electron chi connectivity index (χ0n) is 18.4. The van der Waals surface area contributed by atoms with Gasteiger partial charge in [-0.3, -0.25) is 0 Å². The van der Waals surface area contributed by atoms with Crippen LogP contribution in [0.2, 0.25) is 0 Å². The van der Waals surface area contributed by atoms with Crippen molar-refractivity contribution in [3.05, 3.63) is 0 Å². The van der Waals surface area contributed by atoms with Crippen molar-refractivity contribution in [1.29, 1.82) is 0 Å². The summed E-state index contributed by atoms with van der Waals surface area (Å²) in [6.07, 6.45) is -26.7. The lowest BCUT2D eigenvalue weighted by molar-refractivity contribution is -0.565. The molecule has 0 N–H and O–H groups in total. The van der Waals surface area contributed by atoms with E-state index in [4.69, 9.17) is 0 Å². The van der Waals surface area contributed by atoms with Gasteiger partial charge in [0, 0.05) is 0 Å². The minimum atomic E-state index is -10.6. The van der Waals surface area contributed by atoms with Gasteiger partial charge in [0.1, 0.15) is 0 Å². The fourth-order valence-electron chi connectivity index (χ4n) is 3.32. The highest BCUT2D eigenvalue weighted by Crippen LogP contribution is 2.76. The molecule has 0 aliphatic heterocycles. The Bertz CT molecular complexity index is 1060. The molecule has 0 heterocycles. The summed E-state index contributed by atoms with van der Waals surface area (Å²) in [6, 6.07) is -20.1. The molecule has 0 bridgehead atoms. The molecule has 1 nitrogen and oxygen atoms in total. The van der Waals surface area contributed by atoms with Crippen LogP contribution in [0.25, 0.3) is 0 Å². The fraction of sp³-hybridized carbons (Fsp3) is 1.00. The van der Waals surface area contributed by atoms with E-state index >= 15 is 8.78 Å². The molecule has 0 radical (unpaired) electrons. The van der Waals surface area contributed by atoms with E-state index in [2.05, 4.69) is 0 Å². The van der Waals surface area contributed by atoms with Crippen LogP contribution in [0.5, 0.6) is 0 Å². The minimum absolute atomic E-state index is 6.48. The zero-order valence-corrected chi connectivity index (χ0v) is 18.4. The predicted octanol–water partition coefficient (Wildman–Crippen LogP) is 9.00. The summed E-state index contributed by atoms with van der Waals surface area (Å²) >= 11 is 0. The Morgan fingerprint density at radius 2 is 0.568 bits per heavy atom. The van der Waals surface area contributed by atoms with Crippen LogP contribution in [0.3, 0.4) is 0 Å². The zero-order chi connectivity index (χ0) is 36.6. The summed E-state index contributed by atoms with van der Waals surface area (Å²) in [5.74, 6) is -78.0. The fourth-order valence-corrected chi connectivity index (χ4v) is 3.32. The first kappa shape index (κ1) is 40.0. The molecule has 30 heteroatoms. The molecule has 0 spiro atoms. The molecule has 44 heavy (non-hydrogen) atoms. The van der Waals surface area contributed by atoms with Gasteiger partial charge in [-0.05, 0) is 0 Å². The van der Waals surface area contributed by atoms with Gasteiger partial charge in [0.15, 0.2) is 0 Å². The molecule has 264 valence electrons. The molecule has 1 fully saturated rings. The van der Waals surface area contributed by atoms with Crippen molar-refractivity contribution >= 4 is 0 Å². The van der Waals surface area contributed by atoms with Crippen LogP contribution < -0.4 is 0 Å². The maximum absolute atomic E-state index is 15.4. The van der Waals surface area contributed by atoms with Crippen LogP contribution in [0.1, 0.15) is 0 Å². The summed E-state index contributed by atoms with van der Waals surface area (Å²) in [5, 5.41) is 0. The summed E-state index contributed by atoms with van der Waals surface area (Å²) in [4.78, 5) is -6.48. The molecule has 1 saturated carbocycles. The van der Waals surface area contributed by atoms with Crippen molar-refractivity contribution in [2.45, 2.75) is 83.5 Å². The molecule has 2 unspecified atom stereocenters. The van der Waals surface area contributed by atoms with Crippen LogP contribution in [0, 0.1) is 0 Å². The van der Waals surface area contributed by atoms with Gasteiger partial charge in [0.2, 0.25) is 0 Å². The van der Waals surface area contributed by atoms with Gasteiger partial charge in [-0.15, -0.1) is 4.90 Å². The van der Waals surface area contributed by atoms with E-state index in [0.29, 0.717) is 0 Å². The van der Waals surface area contributed by atoms with Gasteiger partial charge < -0.3 is 0 Å². The molecular formula is C14F29N. The van der Waals surface area contributed by atoms with Crippen LogP contribution in [-0.4, -0.2) is 88.4 Å². The topological polar surface area (TPSA) is 3.24 Å². The maximum atomic E-state index is 15.4. The Morgan fingerprint density at radius 3 is 0.795 bits per heavy atom. The average Bonchev–Trinajstić information content (AvgIpc) is 2.73. The van der Waals surface area contributed by atoms with Crippen molar-refractivity contribution in [2.75, 3.05) is 0 Å². The standard InChI is InChI=1S/C14F29N/c15-1(3(18,19)10(31,32)33)2(16,17)4(20,21)5(22,23)6(24,25)9(1,30)44(13(40,41)7(26,27)11(34,35)36)14(42,43)8(28,29)12(37,38)39. The molecule has 1 rings (SSSR count). The molecule has 0 aromatic heterocycles. The molecule has 1 aliphatic carbocycles. The summed E-state index contributed by atoms with van der Waals surface area (Å²) in [7, 11) is 0. The highest BCUT2D eigenvalue weighted by molar-refractivity contribution is 5.34. The number of alkyl halides is 29. The smallest absolute Gasteiger partial charge is 0.224 e. The summed E-state index contributed by atoms with van der Waals surface area (Å²) in [6.45, 7) is 0. The van der Waals surface area contributed by atoms with E-state index in [1.54, 1.807) is 0 Å². The van der Waals surface area contributed by atoms with E-state index in [1.165, 1.54) is 0 Å². The van der Waals surface area contributed by atoms with Gasteiger partial charge in [0.25, 0.3) is 5.79 Å². The monoisotopic (exact) mass is 733 g/mol. The first-order valence-electron chi connectivity index (χ1n) is 9.15. The molecule has 2 atom stereocenters. The second kappa shape index (κ2) is 9.05. The van der Waals surface area contributed by atoms with Gasteiger partial charge in [-0.25, -0.2) is 8.78 Å². The van der Waals surface area contributed by atoms with E-state index in [-0.39, 0.29) is 0 Å². The maximum Gasteiger partial charge on any atom is 0.461 e. The van der Waals surface area contributed by atoms with Crippen molar-refractivity contribution in [2.24, 2.45) is 0 Å². The normalized spacial score (nSPS) is 28.8. The number of rotatable bonds is 6. The highest BCUT2D eigenvalue weighted by Gasteiger charge is 3.10. The minimum Gasteiger partial charge on any atom is -0.224 e. The third-order valence-electron chi connectivity index (χ3n) is 5.61. The Labute approximate surface area is 217 Å². The number of hydrogen-bond acceptors (Lipinski definition) is 1. The summed E-state index contributed by atoms with van der Waals surface area (Å²) in [5.41, 5.74) is -10.4. The lowest BCUT2D eigenvalue weighted by Gasteiger charge is -2.61. The van der Waals surface area contributed by atoms with Crippen LogP contribution in [-0.2, 0) is 0 Å². The van der Waals surface area contributed by atoms with Crippen LogP contribution in [0.4, 0.5) is 127 Å². The number of halogens is 29. The largest absolute Gasteiger partial charge is 0.461 e. The van der Waals surface area contributed by atoms with Crippen LogP contribution >= 0.6 is 0 Å². The lowest BCUT2D eigenvalue weighted by atomic mass is 9.65. The predicted molar refractivity (Wildman–Crippen MR) is 72.2 cm³/mol. The van der Waals surface area contributed by atoms with E-state index in [0.717, 1.165) is 0 Å². The van der Waals surface area contributed by atoms with Gasteiger partial charge in [-0.2, -0.15) is 119 Å². The third-order valence-corrected chi connectivity index (χ3v) is 5.61. The Hall–Kier alpha value is -2.07.